The lowest BCUT2D eigenvalue weighted by atomic mass is 10.1. The van der Waals surface area contributed by atoms with Crippen LogP contribution < -0.4 is 5.01 Å². The second-order valence-electron chi connectivity index (χ2n) is 4.01. The molecule has 0 amide bonds. The zero-order valence-electron chi connectivity index (χ0n) is 9.57. The fraction of sp³-hybridized carbons (Fsp3) is 0.154. The third-order valence-corrected chi connectivity index (χ3v) is 3.05. The quantitative estimate of drug-likeness (QED) is 0.825. The molecule has 90 valence electrons. The Hall–Kier alpha value is -1.94. The first-order valence-electron chi connectivity index (χ1n) is 5.68. The zero-order chi connectivity index (χ0) is 12.4. The monoisotopic (exact) mass is 258 g/mol. The van der Waals surface area contributed by atoms with Crippen LogP contribution >= 0.6 is 11.6 Å². The summed E-state index contributed by atoms with van der Waals surface area (Å²) in [5.74, 6) is 0. The smallest absolute Gasteiger partial charge is 0.118 e. The summed E-state index contributed by atoms with van der Waals surface area (Å²) in [6.45, 7) is 0.615. The van der Waals surface area contributed by atoms with E-state index in [1.807, 2.05) is 47.5 Å². The van der Waals surface area contributed by atoms with Gasteiger partial charge >= 0.3 is 0 Å². The topological polar surface area (TPSA) is 40.9 Å². The van der Waals surface area contributed by atoms with Crippen molar-refractivity contribution in [3.63, 3.8) is 0 Å². The molecule has 0 N–H and O–H groups in total. The van der Waals surface area contributed by atoms with Gasteiger partial charge in [0.25, 0.3) is 0 Å². The highest BCUT2D eigenvalue weighted by Gasteiger charge is 2.26. The predicted molar refractivity (Wildman–Crippen MR) is 70.6 cm³/mol. The van der Waals surface area contributed by atoms with Crippen molar-refractivity contribution < 1.29 is 0 Å². The van der Waals surface area contributed by atoms with Crippen LogP contribution in [-0.2, 0) is 0 Å². The number of halogens is 1. The molecule has 0 saturated carbocycles. The van der Waals surface area contributed by atoms with Crippen molar-refractivity contribution in [2.45, 2.75) is 6.04 Å². The van der Waals surface area contributed by atoms with E-state index in [-0.39, 0.29) is 6.04 Å². The molecule has 0 bridgehead atoms. The third-order valence-electron chi connectivity index (χ3n) is 2.81. The van der Waals surface area contributed by atoms with E-state index in [9.17, 15) is 0 Å². The van der Waals surface area contributed by atoms with E-state index < -0.39 is 0 Å². The first-order valence-corrected chi connectivity index (χ1v) is 6.05. The van der Waals surface area contributed by atoms with E-state index in [1.165, 1.54) is 0 Å². The molecule has 1 aliphatic heterocycles. The number of benzene rings is 1. The van der Waals surface area contributed by atoms with Crippen molar-refractivity contribution in [1.29, 1.82) is 0 Å². The summed E-state index contributed by atoms with van der Waals surface area (Å²) < 4.78 is 0. The summed E-state index contributed by atoms with van der Waals surface area (Å²) >= 11 is 6.00. The molecule has 2 heterocycles. The summed E-state index contributed by atoms with van der Waals surface area (Å²) in [6, 6.07) is 13.5. The standard InChI is InChI=1S/C13H11ClN4/c14-10-4-3-5-11(8-10)18-13(9-16-17-18)12-6-1-2-7-15-12/h1-8,13H,9H2. The average Bonchev–Trinajstić information content (AvgIpc) is 2.89. The van der Waals surface area contributed by atoms with Gasteiger partial charge in [0.05, 0.1) is 17.9 Å². The summed E-state index contributed by atoms with van der Waals surface area (Å²) in [4.78, 5) is 4.36. The summed E-state index contributed by atoms with van der Waals surface area (Å²) in [5, 5.41) is 10.8. The van der Waals surface area contributed by atoms with Crippen LogP contribution in [0, 0.1) is 0 Å². The Morgan fingerprint density at radius 2 is 2.11 bits per heavy atom. The van der Waals surface area contributed by atoms with E-state index in [1.54, 1.807) is 6.20 Å². The molecule has 2 aromatic rings. The fourth-order valence-corrected chi connectivity index (χ4v) is 2.15. The first-order chi connectivity index (χ1) is 8.84. The number of hydrogen-bond donors (Lipinski definition) is 0. The lowest BCUT2D eigenvalue weighted by Gasteiger charge is -2.21. The second kappa shape index (κ2) is 4.74. The Labute approximate surface area is 110 Å². The van der Waals surface area contributed by atoms with Crippen LogP contribution in [0.3, 0.4) is 0 Å². The lowest BCUT2D eigenvalue weighted by Crippen LogP contribution is -2.21. The number of hydrogen-bond acceptors (Lipinski definition) is 4. The number of nitrogens with zero attached hydrogens (tertiary/aromatic N) is 4. The minimum absolute atomic E-state index is 0.0460. The van der Waals surface area contributed by atoms with Gasteiger partial charge in [0, 0.05) is 11.2 Å². The highest BCUT2D eigenvalue weighted by Crippen LogP contribution is 2.32. The zero-order valence-corrected chi connectivity index (χ0v) is 10.3. The van der Waals surface area contributed by atoms with Gasteiger partial charge in [0.2, 0.25) is 0 Å². The van der Waals surface area contributed by atoms with Crippen LogP contribution in [0.15, 0.2) is 59.0 Å². The van der Waals surface area contributed by atoms with Gasteiger partial charge in [0.15, 0.2) is 0 Å². The Morgan fingerprint density at radius 3 is 2.89 bits per heavy atom. The molecule has 1 unspecified atom stereocenters. The van der Waals surface area contributed by atoms with Crippen LogP contribution in [0.2, 0.25) is 5.02 Å². The molecule has 0 aliphatic carbocycles. The van der Waals surface area contributed by atoms with Crippen molar-refractivity contribution in [3.8, 4) is 0 Å². The van der Waals surface area contributed by atoms with E-state index in [4.69, 9.17) is 11.6 Å². The lowest BCUT2D eigenvalue weighted by molar-refractivity contribution is 0.707. The highest BCUT2D eigenvalue weighted by atomic mass is 35.5. The predicted octanol–water partition coefficient (Wildman–Crippen LogP) is 3.66. The van der Waals surface area contributed by atoms with Gasteiger partial charge in [-0.15, -0.1) is 0 Å². The minimum Gasteiger partial charge on any atom is -0.259 e. The molecule has 0 radical (unpaired) electrons. The van der Waals surface area contributed by atoms with E-state index >= 15 is 0 Å². The molecule has 18 heavy (non-hydrogen) atoms. The van der Waals surface area contributed by atoms with Gasteiger partial charge < -0.3 is 0 Å². The van der Waals surface area contributed by atoms with Crippen molar-refractivity contribution in [3.05, 3.63) is 59.4 Å². The Morgan fingerprint density at radius 1 is 1.17 bits per heavy atom. The number of pyridine rings is 1. The van der Waals surface area contributed by atoms with Crippen LogP contribution in [0.4, 0.5) is 5.69 Å². The number of rotatable bonds is 2. The minimum atomic E-state index is 0.0460. The molecule has 1 aromatic heterocycles. The Kier molecular flexibility index (Phi) is 2.94. The molecular formula is C13H11ClN4. The summed E-state index contributed by atoms with van der Waals surface area (Å²) in [7, 11) is 0. The van der Waals surface area contributed by atoms with Crippen molar-refractivity contribution in [2.75, 3.05) is 11.6 Å². The molecule has 0 saturated heterocycles. The summed E-state index contributed by atoms with van der Waals surface area (Å²) in [5.41, 5.74) is 1.89. The van der Waals surface area contributed by atoms with E-state index in [0.29, 0.717) is 11.6 Å². The molecular weight excluding hydrogens is 248 g/mol. The Balaban J connectivity index is 1.94. The van der Waals surface area contributed by atoms with Crippen molar-refractivity contribution in [1.82, 2.24) is 4.98 Å². The number of anilines is 1. The third kappa shape index (κ3) is 2.07. The van der Waals surface area contributed by atoms with Gasteiger partial charge in [-0.05, 0) is 30.3 Å². The first kappa shape index (κ1) is 11.2. The van der Waals surface area contributed by atoms with Gasteiger partial charge in [-0.2, -0.15) is 5.11 Å². The van der Waals surface area contributed by atoms with Crippen molar-refractivity contribution >= 4 is 17.3 Å². The van der Waals surface area contributed by atoms with E-state index in [2.05, 4.69) is 15.3 Å². The van der Waals surface area contributed by atoms with E-state index in [0.717, 1.165) is 11.4 Å². The molecule has 0 spiro atoms. The van der Waals surface area contributed by atoms with Gasteiger partial charge in [-0.1, -0.05) is 29.0 Å². The highest BCUT2D eigenvalue weighted by molar-refractivity contribution is 6.30. The molecule has 5 heteroatoms. The van der Waals surface area contributed by atoms with Crippen LogP contribution in [-0.4, -0.2) is 11.5 Å². The normalized spacial score (nSPS) is 18.3. The van der Waals surface area contributed by atoms with Crippen LogP contribution in [0.25, 0.3) is 0 Å². The van der Waals surface area contributed by atoms with Gasteiger partial charge in [-0.3, -0.25) is 4.98 Å². The fourth-order valence-electron chi connectivity index (χ4n) is 1.96. The van der Waals surface area contributed by atoms with Crippen LogP contribution in [0.1, 0.15) is 11.7 Å². The van der Waals surface area contributed by atoms with Gasteiger partial charge in [-0.25, -0.2) is 5.01 Å². The maximum atomic E-state index is 6.00. The maximum absolute atomic E-state index is 6.00. The largest absolute Gasteiger partial charge is 0.259 e. The second-order valence-corrected chi connectivity index (χ2v) is 4.44. The molecule has 1 atom stereocenters. The number of aromatic nitrogens is 1. The maximum Gasteiger partial charge on any atom is 0.118 e. The molecule has 3 rings (SSSR count). The average molecular weight is 259 g/mol. The molecule has 1 aromatic carbocycles. The molecule has 4 nitrogen and oxygen atoms in total. The molecule has 1 aliphatic rings. The SMILES string of the molecule is Clc1cccc(N2N=NCC2c2ccccn2)c1. The summed E-state index contributed by atoms with van der Waals surface area (Å²) in [6.07, 6.45) is 1.78. The Bertz CT molecular complexity index is 570. The van der Waals surface area contributed by atoms with Crippen LogP contribution in [0.5, 0.6) is 0 Å². The van der Waals surface area contributed by atoms with Crippen molar-refractivity contribution in [2.24, 2.45) is 10.3 Å². The van der Waals surface area contributed by atoms with Gasteiger partial charge in [0.1, 0.15) is 6.04 Å². The molecule has 0 fully saturated rings.